The summed E-state index contributed by atoms with van der Waals surface area (Å²) in [5.41, 5.74) is -0.974. The van der Waals surface area contributed by atoms with Gasteiger partial charge in [0.1, 0.15) is 17.0 Å². The summed E-state index contributed by atoms with van der Waals surface area (Å²) < 4.78 is 21.2. The highest BCUT2D eigenvalue weighted by Crippen LogP contribution is 2.19. The lowest BCUT2D eigenvalue weighted by Crippen LogP contribution is -2.33. The average molecular weight is 596 g/mol. The van der Waals surface area contributed by atoms with Gasteiger partial charge in [0, 0.05) is 25.5 Å². The van der Waals surface area contributed by atoms with E-state index in [1.165, 1.54) is 44.9 Å². The first-order chi connectivity index (χ1) is 19.8. The van der Waals surface area contributed by atoms with Gasteiger partial charge in [0.2, 0.25) is 5.91 Å². The third-order valence-electron chi connectivity index (χ3n) is 6.49. The number of unbranched alkanes of at least 4 members (excludes halogenated alkanes) is 11. The van der Waals surface area contributed by atoms with Crippen LogP contribution in [0.3, 0.4) is 0 Å². The number of furan rings is 1. The van der Waals surface area contributed by atoms with E-state index in [2.05, 4.69) is 0 Å². The van der Waals surface area contributed by atoms with Gasteiger partial charge in [-0.25, -0.2) is 0 Å². The van der Waals surface area contributed by atoms with E-state index in [1.54, 1.807) is 17.0 Å². The molecule has 0 unspecified atom stereocenters. The number of aliphatic hydroxyl groups excluding tert-OH is 1. The van der Waals surface area contributed by atoms with Gasteiger partial charge in [-0.15, -0.1) is 0 Å². The molecule has 0 bridgehead atoms. The van der Waals surface area contributed by atoms with Crippen LogP contribution in [-0.4, -0.2) is 52.4 Å². The number of rotatable bonds is 22. The second-order valence-corrected chi connectivity index (χ2v) is 13.0. The van der Waals surface area contributed by atoms with Crippen molar-refractivity contribution in [3.05, 3.63) is 17.9 Å². The fourth-order valence-electron chi connectivity index (χ4n) is 4.55. The number of nitrogens with zero attached hydrogens (tertiary/aromatic N) is 1. The number of carbonyl (C=O) groups excluding carboxylic acids is 3. The van der Waals surface area contributed by atoms with Crippen LogP contribution in [-0.2, 0) is 30.4 Å². The van der Waals surface area contributed by atoms with Crippen LogP contribution in [0.5, 0.6) is 5.95 Å². The summed E-state index contributed by atoms with van der Waals surface area (Å²) in [7, 11) is 0. The molecule has 9 nitrogen and oxygen atoms in total. The normalized spacial score (nSPS) is 11.8. The maximum atomic E-state index is 13.0. The van der Waals surface area contributed by atoms with E-state index in [-0.39, 0.29) is 43.3 Å². The van der Waals surface area contributed by atoms with Crippen LogP contribution in [0.25, 0.3) is 0 Å². The van der Waals surface area contributed by atoms with Crippen LogP contribution < -0.4 is 4.74 Å². The minimum Gasteiger partial charge on any atom is -0.460 e. The molecule has 0 fully saturated rings. The fraction of sp³-hybridized carbons (Fsp3) is 0.788. The zero-order valence-corrected chi connectivity index (χ0v) is 27.1. The second-order valence-electron chi connectivity index (χ2n) is 13.0. The number of hydrogen-bond acceptors (Lipinski definition) is 8. The Balaban J connectivity index is 2.21. The average Bonchev–Trinajstić information content (AvgIpc) is 3.31. The minimum absolute atomic E-state index is 0.0225. The molecule has 0 spiro atoms. The van der Waals surface area contributed by atoms with Crippen molar-refractivity contribution in [2.45, 2.75) is 156 Å². The van der Waals surface area contributed by atoms with E-state index in [9.17, 15) is 14.4 Å². The molecule has 0 aromatic carbocycles. The van der Waals surface area contributed by atoms with Gasteiger partial charge in [-0.05, 0) is 60.5 Å². The first-order valence-electron chi connectivity index (χ1n) is 15.8. The fourth-order valence-corrected chi connectivity index (χ4v) is 4.55. The van der Waals surface area contributed by atoms with Crippen molar-refractivity contribution in [1.82, 2.24) is 4.90 Å². The largest absolute Gasteiger partial charge is 0.460 e. The molecule has 0 aliphatic rings. The Morgan fingerprint density at radius 3 is 1.62 bits per heavy atom. The molecule has 0 aliphatic carbocycles. The highest BCUT2D eigenvalue weighted by atomic mass is 16.6. The molecule has 1 rings (SSSR count). The van der Waals surface area contributed by atoms with Gasteiger partial charge in [-0.1, -0.05) is 64.2 Å². The van der Waals surface area contributed by atoms with E-state index >= 15 is 0 Å². The Bertz CT molecular complexity index is 897. The van der Waals surface area contributed by atoms with E-state index in [0.29, 0.717) is 18.6 Å². The first-order valence-corrected chi connectivity index (χ1v) is 15.8. The molecule has 242 valence electrons. The topological polar surface area (TPSA) is 116 Å². The molecule has 1 aromatic rings. The highest BCUT2D eigenvalue weighted by Gasteiger charge is 2.21. The molecule has 0 saturated carbocycles. The monoisotopic (exact) mass is 595 g/mol. The molecular weight excluding hydrogens is 538 g/mol. The van der Waals surface area contributed by atoms with Crippen LogP contribution in [0.1, 0.15) is 144 Å². The number of ether oxygens (including phenoxy) is 3. The van der Waals surface area contributed by atoms with Gasteiger partial charge in [0.15, 0.2) is 6.79 Å². The lowest BCUT2D eigenvalue weighted by atomic mass is 10.0. The van der Waals surface area contributed by atoms with E-state index in [1.807, 2.05) is 41.5 Å². The van der Waals surface area contributed by atoms with E-state index in [4.69, 9.17) is 23.7 Å². The van der Waals surface area contributed by atoms with Crippen molar-refractivity contribution < 1.29 is 38.1 Å². The molecule has 1 heterocycles. The summed E-state index contributed by atoms with van der Waals surface area (Å²) in [6.45, 7) is 11.1. The lowest BCUT2D eigenvalue weighted by Gasteiger charge is -2.23. The Hall–Kier alpha value is -2.55. The number of carbonyl (C=O) groups is 3. The number of aliphatic hydroxyl groups is 1. The summed E-state index contributed by atoms with van der Waals surface area (Å²) in [6.07, 6.45) is 14.4. The van der Waals surface area contributed by atoms with Gasteiger partial charge in [-0.2, -0.15) is 0 Å². The molecule has 9 heteroatoms. The Labute approximate surface area is 253 Å². The third-order valence-corrected chi connectivity index (χ3v) is 6.49. The summed E-state index contributed by atoms with van der Waals surface area (Å²) in [6, 6.07) is 3.29. The van der Waals surface area contributed by atoms with Gasteiger partial charge in [-0.3, -0.25) is 14.4 Å². The maximum Gasteiger partial charge on any atom is 0.308 e. The summed E-state index contributed by atoms with van der Waals surface area (Å²) in [5.74, 6) is 0.243. The summed E-state index contributed by atoms with van der Waals surface area (Å²) >= 11 is 0. The third kappa shape index (κ3) is 20.3. The Morgan fingerprint density at radius 1 is 0.690 bits per heavy atom. The molecule has 0 saturated heterocycles. The highest BCUT2D eigenvalue weighted by molar-refractivity contribution is 5.77. The van der Waals surface area contributed by atoms with E-state index < -0.39 is 18.0 Å². The van der Waals surface area contributed by atoms with Crippen LogP contribution in [0.4, 0.5) is 0 Å². The molecule has 0 radical (unpaired) electrons. The number of amides is 1. The van der Waals surface area contributed by atoms with Gasteiger partial charge >= 0.3 is 11.9 Å². The molecule has 0 aliphatic heterocycles. The molecule has 42 heavy (non-hydrogen) atoms. The van der Waals surface area contributed by atoms with Crippen molar-refractivity contribution in [2.24, 2.45) is 0 Å². The Morgan fingerprint density at radius 2 is 1.14 bits per heavy atom. The molecule has 1 amide bonds. The van der Waals surface area contributed by atoms with Crippen molar-refractivity contribution in [3.8, 4) is 5.95 Å². The first kappa shape index (κ1) is 37.5. The number of esters is 2. The summed E-state index contributed by atoms with van der Waals surface area (Å²) in [4.78, 5) is 38.6. The zero-order valence-electron chi connectivity index (χ0n) is 27.1. The maximum absolute atomic E-state index is 13.0. The van der Waals surface area contributed by atoms with Crippen LogP contribution >= 0.6 is 0 Å². The van der Waals surface area contributed by atoms with Crippen LogP contribution in [0, 0.1) is 0 Å². The van der Waals surface area contributed by atoms with Crippen LogP contribution in [0.15, 0.2) is 16.5 Å². The van der Waals surface area contributed by atoms with Gasteiger partial charge in [0.25, 0.3) is 5.95 Å². The standard InChI is InChI=1S/C33H57NO8/c1-32(2,3)41-29(37)20-18-16-14-12-10-8-7-9-11-13-15-17-19-28(36)34(24-23-30(38)42-33(4,5)6)25-27-21-22-31(40-27)39-26-35/h21-22,35H,7-20,23-26H2,1-6H3. The predicted octanol–water partition coefficient (Wildman–Crippen LogP) is 7.47. The molecule has 0 atom stereocenters. The van der Waals surface area contributed by atoms with Gasteiger partial charge < -0.3 is 28.6 Å². The smallest absolute Gasteiger partial charge is 0.308 e. The van der Waals surface area contributed by atoms with Crippen LogP contribution in [0.2, 0.25) is 0 Å². The zero-order chi connectivity index (χ0) is 31.4. The lowest BCUT2D eigenvalue weighted by molar-refractivity contribution is -0.156. The van der Waals surface area contributed by atoms with Crippen molar-refractivity contribution in [3.63, 3.8) is 0 Å². The SMILES string of the molecule is CC(C)(C)OC(=O)CCCCCCCCCCCCCCC(=O)N(CCC(=O)OC(C)(C)C)Cc1ccc(OCO)o1. The van der Waals surface area contributed by atoms with Gasteiger partial charge in [0.05, 0.1) is 13.0 Å². The molecule has 1 N–H and O–H groups in total. The molecular formula is C33H57NO8. The van der Waals surface area contributed by atoms with Crippen molar-refractivity contribution >= 4 is 17.8 Å². The number of hydrogen-bond donors (Lipinski definition) is 1. The van der Waals surface area contributed by atoms with E-state index in [0.717, 1.165) is 32.1 Å². The Kier molecular flexibility index (Phi) is 18.2. The molecule has 1 aromatic heterocycles. The predicted molar refractivity (Wildman–Crippen MR) is 163 cm³/mol. The summed E-state index contributed by atoms with van der Waals surface area (Å²) in [5, 5.41) is 8.91. The quantitative estimate of drug-likeness (QED) is 0.0834. The van der Waals surface area contributed by atoms with Crippen molar-refractivity contribution in [1.29, 1.82) is 0 Å². The van der Waals surface area contributed by atoms with Crippen molar-refractivity contribution in [2.75, 3.05) is 13.3 Å². The second kappa shape index (κ2) is 20.4. The minimum atomic E-state index is -0.575.